The lowest BCUT2D eigenvalue weighted by atomic mass is 10.1. The highest BCUT2D eigenvalue weighted by Gasteiger charge is 2.30. The average Bonchev–Trinajstić information content (AvgIpc) is 3.05. The van der Waals surface area contributed by atoms with Crippen molar-refractivity contribution in [2.75, 3.05) is 0 Å². The van der Waals surface area contributed by atoms with Crippen molar-refractivity contribution in [2.45, 2.75) is 20.0 Å². The summed E-state index contributed by atoms with van der Waals surface area (Å²) in [4.78, 5) is 35.2. The smallest absolute Gasteiger partial charge is 0.295 e. The number of hydrazone groups is 1. The number of aryl methyl sites for hydroxylation is 1. The summed E-state index contributed by atoms with van der Waals surface area (Å²) < 4.78 is 39.9. The van der Waals surface area contributed by atoms with Crippen LogP contribution in [0.25, 0.3) is 5.69 Å². The quantitative estimate of drug-likeness (QED) is 0.353. The lowest BCUT2D eigenvalue weighted by Crippen LogP contribution is -2.23. The Morgan fingerprint density at radius 2 is 1.88 bits per heavy atom. The first-order valence-electron chi connectivity index (χ1n) is 9.07. The third-order valence-corrected chi connectivity index (χ3v) is 4.51. The summed E-state index contributed by atoms with van der Waals surface area (Å²) in [6, 6.07) is 9.24. The molecule has 0 aliphatic carbocycles. The number of nitrogens with one attached hydrogen (secondary N) is 2. The lowest BCUT2D eigenvalue weighted by molar-refractivity contribution is -0.384. The number of halogens is 3. The lowest BCUT2D eigenvalue weighted by Gasteiger charge is -2.08. The van der Waals surface area contributed by atoms with Crippen molar-refractivity contribution < 1.29 is 22.9 Å². The molecular formula is C20H16F3N5O4. The maximum Gasteiger partial charge on any atom is 0.416 e. The van der Waals surface area contributed by atoms with Crippen LogP contribution in [0.5, 0.6) is 0 Å². The molecule has 0 atom stereocenters. The minimum atomic E-state index is -4.57. The molecule has 1 aromatic heterocycles. The van der Waals surface area contributed by atoms with Crippen LogP contribution in [0, 0.1) is 17.0 Å². The first kappa shape index (κ1) is 22.5. The second kappa shape index (κ2) is 8.49. The predicted molar refractivity (Wildman–Crippen MR) is 109 cm³/mol. The molecule has 3 rings (SSSR count). The van der Waals surface area contributed by atoms with Crippen LogP contribution in [0.3, 0.4) is 0 Å². The molecule has 9 nitrogen and oxygen atoms in total. The van der Waals surface area contributed by atoms with Crippen LogP contribution in [0.4, 0.5) is 18.9 Å². The van der Waals surface area contributed by atoms with Crippen LogP contribution in [-0.2, 0) is 6.18 Å². The maximum atomic E-state index is 13.0. The Morgan fingerprint density at radius 1 is 1.19 bits per heavy atom. The molecule has 1 amide bonds. The molecule has 166 valence electrons. The number of carbonyl (C=O) groups is 1. The topological polar surface area (TPSA) is 122 Å². The maximum absolute atomic E-state index is 13.0. The van der Waals surface area contributed by atoms with Crippen LogP contribution in [0.15, 0.2) is 58.4 Å². The number of nitro benzene ring substituents is 1. The van der Waals surface area contributed by atoms with Crippen molar-refractivity contribution in [3.05, 3.63) is 91.4 Å². The van der Waals surface area contributed by atoms with Crippen molar-refractivity contribution in [1.29, 1.82) is 0 Å². The number of non-ortho nitro benzene ring substituents is 1. The first-order chi connectivity index (χ1) is 15.0. The summed E-state index contributed by atoms with van der Waals surface area (Å²) in [6.07, 6.45) is -4.57. The molecule has 0 bridgehead atoms. The molecule has 0 spiro atoms. The third-order valence-electron chi connectivity index (χ3n) is 4.51. The Bertz CT molecular complexity index is 1290. The van der Waals surface area contributed by atoms with Gasteiger partial charge in [0, 0.05) is 23.4 Å². The Balaban J connectivity index is 1.89. The van der Waals surface area contributed by atoms with Gasteiger partial charge in [0.1, 0.15) is 0 Å². The number of aromatic nitrogens is 2. The molecule has 2 aromatic carbocycles. The summed E-state index contributed by atoms with van der Waals surface area (Å²) in [7, 11) is 0. The number of carbonyl (C=O) groups excluding carboxylic acids is 1. The van der Waals surface area contributed by atoms with Crippen molar-refractivity contribution >= 4 is 17.3 Å². The Kier molecular flexibility index (Phi) is 5.96. The van der Waals surface area contributed by atoms with E-state index >= 15 is 0 Å². The van der Waals surface area contributed by atoms with Crippen molar-refractivity contribution in [3.63, 3.8) is 0 Å². The fourth-order valence-electron chi connectivity index (χ4n) is 2.99. The van der Waals surface area contributed by atoms with E-state index in [1.54, 1.807) is 0 Å². The van der Waals surface area contributed by atoms with Gasteiger partial charge in [-0.3, -0.25) is 24.8 Å². The molecule has 0 fully saturated rings. The number of nitro groups is 1. The largest absolute Gasteiger partial charge is 0.416 e. The highest BCUT2D eigenvalue weighted by Crippen LogP contribution is 2.30. The Labute approximate surface area is 178 Å². The molecule has 1 heterocycles. The number of rotatable bonds is 5. The molecule has 0 saturated heterocycles. The van der Waals surface area contributed by atoms with Gasteiger partial charge in [0.25, 0.3) is 17.2 Å². The van der Waals surface area contributed by atoms with Crippen LogP contribution in [0.2, 0.25) is 0 Å². The van der Waals surface area contributed by atoms with Gasteiger partial charge in [-0.15, -0.1) is 0 Å². The van der Waals surface area contributed by atoms with Crippen molar-refractivity contribution in [2.24, 2.45) is 5.10 Å². The Hall–Kier alpha value is -4.22. The fraction of sp³-hybridized carbons (Fsp3) is 0.150. The third kappa shape index (κ3) is 4.58. The summed E-state index contributed by atoms with van der Waals surface area (Å²) >= 11 is 0. The first-order valence-corrected chi connectivity index (χ1v) is 9.07. The molecule has 0 unspecified atom stereocenters. The summed E-state index contributed by atoms with van der Waals surface area (Å²) in [5.74, 6) is -0.737. The van der Waals surface area contributed by atoms with Gasteiger partial charge >= 0.3 is 6.18 Å². The second-order valence-electron chi connectivity index (χ2n) is 6.75. The fourth-order valence-corrected chi connectivity index (χ4v) is 2.99. The van der Waals surface area contributed by atoms with Crippen LogP contribution in [0.1, 0.15) is 34.1 Å². The molecule has 0 aliphatic heterocycles. The van der Waals surface area contributed by atoms with Crippen LogP contribution < -0.4 is 11.0 Å². The van der Waals surface area contributed by atoms with Crippen molar-refractivity contribution in [1.82, 2.24) is 15.2 Å². The molecule has 12 heteroatoms. The van der Waals surface area contributed by atoms with E-state index in [0.29, 0.717) is 5.69 Å². The van der Waals surface area contributed by atoms with Gasteiger partial charge in [-0.05, 0) is 38.1 Å². The number of aromatic amines is 1. The highest BCUT2D eigenvalue weighted by atomic mass is 19.4. The van der Waals surface area contributed by atoms with Gasteiger partial charge in [0.05, 0.1) is 27.4 Å². The zero-order valence-electron chi connectivity index (χ0n) is 16.7. The number of amides is 1. The zero-order chi connectivity index (χ0) is 23.6. The predicted octanol–water partition coefficient (Wildman–Crippen LogP) is 3.56. The average molecular weight is 447 g/mol. The molecule has 0 saturated carbocycles. The van der Waals surface area contributed by atoms with E-state index in [1.807, 2.05) is 0 Å². The molecular weight excluding hydrogens is 431 g/mol. The number of nitrogens with zero attached hydrogens (tertiary/aromatic N) is 3. The highest BCUT2D eigenvalue weighted by molar-refractivity contribution is 6.01. The SMILES string of the molecule is C/C(=N/NC(=O)c1cccc([N+](=O)[O-])c1)c1c(C)[nH]n(-c2cccc(C(F)(F)F)c2)c1=O. The minimum absolute atomic E-state index is 0.0112. The second-order valence-corrected chi connectivity index (χ2v) is 6.75. The van der Waals surface area contributed by atoms with Gasteiger partial charge in [-0.25, -0.2) is 10.1 Å². The van der Waals surface area contributed by atoms with E-state index in [0.717, 1.165) is 22.9 Å². The molecule has 0 radical (unpaired) electrons. The zero-order valence-corrected chi connectivity index (χ0v) is 16.7. The van der Waals surface area contributed by atoms with Crippen LogP contribution in [-0.4, -0.2) is 26.3 Å². The Morgan fingerprint density at radius 3 is 2.53 bits per heavy atom. The number of hydrogen-bond donors (Lipinski definition) is 2. The van der Waals surface area contributed by atoms with E-state index in [4.69, 9.17) is 0 Å². The standard InChI is InChI=1S/C20H16F3N5O4/c1-11(24-25-18(29)13-5-3-8-16(9-13)28(31)32)17-12(2)26-27(19(17)30)15-7-4-6-14(10-15)20(21,22)23/h3-10,26H,1-2H3,(H,25,29)/b24-11-. The monoisotopic (exact) mass is 447 g/mol. The number of hydrogen-bond acceptors (Lipinski definition) is 5. The van der Waals surface area contributed by atoms with E-state index in [1.165, 1.54) is 44.2 Å². The van der Waals surface area contributed by atoms with Gasteiger partial charge in [-0.2, -0.15) is 18.3 Å². The van der Waals surface area contributed by atoms with E-state index in [-0.39, 0.29) is 28.2 Å². The summed E-state index contributed by atoms with van der Waals surface area (Å²) in [6.45, 7) is 2.96. The van der Waals surface area contributed by atoms with E-state index in [2.05, 4.69) is 15.6 Å². The minimum Gasteiger partial charge on any atom is -0.295 e. The normalized spacial score (nSPS) is 12.0. The van der Waals surface area contributed by atoms with E-state index < -0.39 is 28.1 Å². The number of alkyl halides is 3. The number of H-pyrrole nitrogens is 1. The van der Waals surface area contributed by atoms with Crippen LogP contribution >= 0.6 is 0 Å². The molecule has 32 heavy (non-hydrogen) atoms. The van der Waals surface area contributed by atoms with Crippen molar-refractivity contribution in [3.8, 4) is 5.69 Å². The van der Waals surface area contributed by atoms with Gasteiger partial charge in [0.15, 0.2) is 0 Å². The number of benzene rings is 2. The van der Waals surface area contributed by atoms with Gasteiger partial charge < -0.3 is 0 Å². The summed E-state index contributed by atoms with van der Waals surface area (Å²) in [5, 5.41) is 17.4. The van der Waals surface area contributed by atoms with Gasteiger partial charge in [0.2, 0.25) is 0 Å². The molecule has 0 aliphatic rings. The molecule has 2 N–H and O–H groups in total. The van der Waals surface area contributed by atoms with Gasteiger partial charge in [-0.1, -0.05) is 12.1 Å². The van der Waals surface area contributed by atoms with E-state index in [9.17, 15) is 32.9 Å². The summed E-state index contributed by atoms with van der Waals surface area (Å²) in [5.41, 5.74) is 0.800. The molecule has 3 aromatic rings.